The number of hydrogen-bond acceptors (Lipinski definition) is 6. The highest BCUT2D eigenvalue weighted by Gasteiger charge is 2.31. The zero-order chi connectivity index (χ0) is 19.0. The van der Waals surface area contributed by atoms with E-state index in [9.17, 15) is 4.79 Å². The molecule has 3 aliphatic heterocycles. The lowest BCUT2D eigenvalue weighted by molar-refractivity contribution is -0.113. The molecule has 2 atom stereocenters. The number of ether oxygens (including phenoxy) is 3. The minimum absolute atomic E-state index is 0.126. The summed E-state index contributed by atoms with van der Waals surface area (Å²) in [6.45, 7) is 5.96. The molecule has 0 saturated carbocycles. The lowest BCUT2D eigenvalue weighted by Gasteiger charge is -2.35. The van der Waals surface area contributed by atoms with Crippen LogP contribution in [-0.2, 0) is 9.53 Å². The van der Waals surface area contributed by atoms with Crippen molar-refractivity contribution in [2.45, 2.75) is 26.1 Å². The van der Waals surface area contributed by atoms with Crippen LogP contribution in [0.4, 0.5) is 0 Å². The van der Waals surface area contributed by atoms with E-state index in [2.05, 4.69) is 9.89 Å². The zero-order valence-electron chi connectivity index (χ0n) is 15.6. The third kappa shape index (κ3) is 3.75. The third-order valence-corrected chi connectivity index (χ3v) is 5.61. The number of thioether (sulfide) groups is 1. The Morgan fingerprint density at radius 2 is 2.07 bits per heavy atom. The van der Waals surface area contributed by atoms with Crippen LogP contribution in [0, 0.1) is 0 Å². The van der Waals surface area contributed by atoms with E-state index < -0.39 is 0 Å². The van der Waals surface area contributed by atoms with Gasteiger partial charge in [0.2, 0.25) is 0 Å². The average molecular weight is 386 g/mol. The van der Waals surface area contributed by atoms with Gasteiger partial charge in [-0.25, -0.2) is 0 Å². The van der Waals surface area contributed by atoms with Gasteiger partial charge in [-0.3, -0.25) is 4.79 Å². The number of carbonyl (C=O) groups is 1. The molecule has 142 valence electrons. The molecule has 3 heterocycles. The first kappa shape index (κ1) is 18.1. The molecule has 1 amide bonds. The molecule has 0 spiro atoms. The number of hydrogen-bond donors (Lipinski definition) is 0. The van der Waals surface area contributed by atoms with Crippen molar-refractivity contribution in [3.05, 3.63) is 40.3 Å². The van der Waals surface area contributed by atoms with Crippen LogP contribution in [-0.4, -0.2) is 55.0 Å². The van der Waals surface area contributed by atoms with Crippen molar-refractivity contribution in [1.29, 1.82) is 0 Å². The van der Waals surface area contributed by atoms with Crippen LogP contribution in [0.5, 0.6) is 11.5 Å². The van der Waals surface area contributed by atoms with Crippen molar-refractivity contribution < 1.29 is 19.0 Å². The summed E-state index contributed by atoms with van der Waals surface area (Å²) in [6, 6.07) is 5.76. The van der Waals surface area contributed by atoms with Gasteiger partial charge in [-0.15, -0.1) is 0 Å². The van der Waals surface area contributed by atoms with Gasteiger partial charge in [0.15, 0.2) is 16.7 Å². The summed E-state index contributed by atoms with van der Waals surface area (Å²) < 4.78 is 16.9. The highest BCUT2D eigenvalue weighted by molar-refractivity contribution is 8.18. The van der Waals surface area contributed by atoms with Gasteiger partial charge in [0.1, 0.15) is 6.61 Å². The largest absolute Gasteiger partial charge is 0.493 e. The maximum Gasteiger partial charge on any atom is 0.286 e. The van der Waals surface area contributed by atoms with E-state index in [1.54, 1.807) is 7.11 Å². The van der Waals surface area contributed by atoms with Gasteiger partial charge < -0.3 is 19.1 Å². The molecular weight excluding hydrogens is 364 g/mol. The van der Waals surface area contributed by atoms with Gasteiger partial charge >= 0.3 is 0 Å². The summed E-state index contributed by atoms with van der Waals surface area (Å²) in [5.41, 5.74) is 1.88. The van der Waals surface area contributed by atoms with Crippen LogP contribution in [0.1, 0.15) is 19.4 Å². The van der Waals surface area contributed by atoms with Crippen LogP contribution in [0.2, 0.25) is 0 Å². The molecule has 1 saturated heterocycles. The van der Waals surface area contributed by atoms with Crippen molar-refractivity contribution in [3.63, 3.8) is 0 Å². The molecule has 1 fully saturated rings. The second-order valence-corrected chi connectivity index (χ2v) is 7.87. The maximum absolute atomic E-state index is 12.4. The first-order chi connectivity index (χ1) is 13.0. The first-order valence-corrected chi connectivity index (χ1v) is 9.78. The fourth-order valence-corrected chi connectivity index (χ4v) is 4.42. The summed E-state index contributed by atoms with van der Waals surface area (Å²) in [5.74, 6) is 1.25. The van der Waals surface area contributed by atoms with Crippen molar-refractivity contribution in [2.24, 2.45) is 4.99 Å². The van der Waals surface area contributed by atoms with Crippen molar-refractivity contribution in [3.8, 4) is 11.5 Å². The lowest BCUT2D eigenvalue weighted by Crippen LogP contribution is -2.47. The van der Waals surface area contributed by atoms with Gasteiger partial charge in [-0.2, -0.15) is 4.99 Å². The van der Waals surface area contributed by atoms with Gasteiger partial charge in [0.05, 0.1) is 24.2 Å². The number of amides is 1. The molecule has 1 aromatic rings. The van der Waals surface area contributed by atoms with Gasteiger partial charge in [-0.05, 0) is 49.4 Å². The highest BCUT2D eigenvalue weighted by atomic mass is 32.2. The second-order valence-electron chi connectivity index (χ2n) is 6.86. The number of nitrogens with zero attached hydrogens (tertiary/aromatic N) is 2. The van der Waals surface area contributed by atoms with E-state index in [-0.39, 0.29) is 18.1 Å². The predicted molar refractivity (Wildman–Crippen MR) is 106 cm³/mol. The number of carbonyl (C=O) groups excluding carboxylic acids is 1. The van der Waals surface area contributed by atoms with Gasteiger partial charge in [-0.1, -0.05) is 12.1 Å². The summed E-state index contributed by atoms with van der Waals surface area (Å²) in [7, 11) is 1.63. The van der Waals surface area contributed by atoms with E-state index in [4.69, 9.17) is 14.2 Å². The van der Waals surface area contributed by atoms with Crippen LogP contribution in [0.15, 0.2) is 39.7 Å². The fourth-order valence-electron chi connectivity index (χ4n) is 3.48. The topological polar surface area (TPSA) is 60.4 Å². The SMILES string of the molecule is COc1cccc2c1OCC(/C=C1\SC(N3CC(C)OC(C)C3)=NC1=O)=C2. The van der Waals surface area contributed by atoms with E-state index in [0.717, 1.165) is 35.1 Å². The smallest absolute Gasteiger partial charge is 0.286 e. The minimum atomic E-state index is -0.195. The number of amidine groups is 1. The van der Waals surface area contributed by atoms with Gasteiger partial charge in [0, 0.05) is 18.7 Å². The molecule has 0 radical (unpaired) electrons. The zero-order valence-corrected chi connectivity index (χ0v) is 16.4. The highest BCUT2D eigenvalue weighted by Crippen LogP contribution is 2.37. The monoisotopic (exact) mass is 386 g/mol. The maximum atomic E-state index is 12.4. The Labute approximate surface area is 162 Å². The molecule has 2 unspecified atom stereocenters. The van der Waals surface area contributed by atoms with Crippen molar-refractivity contribution >= 4 is 28.9 Å². The quantitative estimate of drug-likeness (QED) is 0.728. The first-order valence-electron chi connectivity index (χ1n) is 8.97. The fraction of sp³-hybridized carbons (Fsp3) is 0.400. The molecule has 0 N–H and O–H groups in total. The second kappa shape index (κ2) is 7.40. The predicted octanol–water partition coefficient (Wildman–Crippen LogP) is 3.09. The van der Waals surface area contributed by atoms with E-state index in [1.165, 1.54) is 11.8 Å². The number of morpholine rings is 1. The Balaban J connectivity index is 1.52. The Bertz CT molecular complexity index is 852. The van der Waals surface area contributed by atoms with E-state index in [1.807, 2.05) is 44.2 Å². The molecule has 0 bridgehead atoms. The Kier molecular flexibility index (Phi) is 4.97. The Hall–Kier alpha value is -2.25. The molecule has 6 nitrogen and oxygen atoms in total. The van der Waals surface area contributed by atoms with Crippen LogP contribution < -0.4 is 9.47 Å². The lowest BCUT2D eigenvalue weighted by atomic mass is 10.1. The number of para-hydroxylation sites is 1. The molecule has 1 aromatic carbocycles. The van der Waals surface area contributed by atoms with Crippen molar-refractivity contribution in [2.75, 3.05) is 26.8 Å². The summed E-state index contributed by atoms with van der Waals surface area (Å²) >= 11 is 1.42. The average Bonchev–Trinajstić information content (AvgIpc) is 3.01. The molecule has 7 heteroatoms. The van der Waals surface area contributed by atoms with E-state index >= 15 is 0 Å². The molecule has 27 heavy (non-hydrogen) atoms. The number of aliphatic imine (C=N–C) groups is 1. The summed E-state index contributed by atoms with van der Waals surface area (Å²) in [6.07, 6.45) is 4.15. The standard InChI is InChI=1S/C20H22N2O4S/c1-12-9-22(10-13(2)26-12)20-21-19(23)17(27-20)8-14-7-15-5-4-6-16(24-3)18(15)25-11-14/h4-8,12-13H,9-11H2,1-3H3/b17-8-. The minimum Gasteiger partial charge on any atom is -0.493 e. The number of fused-ring (bicyclic) bond motifs is 1. The van der Waals surface area contributed by atoms with E-state index in [0.29, 0.717) is 17.3 Å². The Morgan fingerprint density at radius 3 is 2.81 bits per heavy atom. The molecule has 3 aliphatic rings. The number of methoxy groups -OCH3 is 1. The summed E-state index contributed by atoms with van der Waals surface area (Å²) in [4.78, 5) is 19.4. The van der Waals surface area contributed by atoms with Crippen molar-refractivity contribution in [1.82, 2.24) is 4.90 Å². The Morgan fingerprint density at radius 1 is 1.30 bits per heavy atom. The van der Waals surface area contributed by atoms with Crippen LogP contribution >= 0.6 is 11.8 Å². The van der Waals surface area contributed by atoms with Crippen LogP contribution in [0.3, 0.4) is 0 Å². The molecule has 0 aromatic heterocycles. The molecular formula is C20H22N2O4S. The number of benzene rings is 1. The number of rotatable bonds is 2. The molecule has 4 rings (SSSR count). The van der Waals surface area contributed by atoms with Gasteiger partial charge in [0.25, 0.3) is 5.91 Å². The molecule has 0 aliphatic carbocycles. The third-order valence-electron chi connectivity index (χ3n) is 4.57. The summed E-state index contributed by atoms with van der Waals surface area (Å²) in [5, 5.41) is 0.757. The normalized spacial score (nSPS) is 26.4. The van der Waals surface area contributed by atoms with Crippen LogP contribution in [0.25, 0.3) is 6.08 Å².